The van der Waals surface area contributed by atoms with Crippen molar-refractivity contribution in [2.75, 3.05) is 53.6 Å². The Morgan fingerprint density at radius 2 is 1.69 bits per heavy atom. The second-order valence-corrected chi connectivity index (χ2v) is 25.3. The number of nitrogens with zero attached hydrogens (tertiary/aromatic N) is 1. The number of esters is 1. The maximum atomic E-state index is 14.9. The predicted octanol–water partition coefficient (Wildman–Crippen LogP) is 5.13. The number of hydrogen-bond donors (Lipinski definition) is 6. The van der Waals surface area contributed by atoms with Crippen molar-refractivity contribution in [1.82, 2.24) is 5.32 Å². The average molecular weight is 1130 g/mol. The predicted molar refractivity (Wildman–Crippen MR) is 292 cm³/mol. The summed E-state index contributed by atoms with van der Waals surface area (Å²) in [5, 5.41) is 26.7. The number of aliphatic hydroxyl groups is 2. The van der Waals surface area contributed by atoms with Crippen LogP contribution in [0, 0.1) is 34.5 Å². The highest BCUT2D eigenvalue weighted by atomic mass is 35.5. The van der Waals surface area contributed by atoms with E-state index in [1.165, 1.54) is 18.1 Å². The smallest absolute Gasteiger partial charge is 0.524 e. The summed E-state index contributed by atoms with van der Waals surface area (Å²) in [5.74, 6) is -1.08. The molecule has 0 spiro atoms. The topological polar surface area (TPSA) is 233 Å². The van der Waals surface area contributed by atoms with Crippen LogP contribution in [0.5, 0.6) is 5.75 Å². The normalized spacial score (nSPS) is 28.6. The van der Waals surface area contributed by atoms with Gasteiger partial charge >= 0.3 is 13.8 Å². The molecular formula is C60H89ClN3O13P. The van der Waals surface area contributed by atoms with Gasteiger partial charge < -0.3 is 61.6 Å². The van der Waals surface area contributed by atoms with Gasteiger partial charge in [-0.05, 0) is 144 Å². The highest BCUT2D eigenvalue weighted by molar-refractivity contribution is 7.46. The van der Waals surface area contributed by atoms with Crippen molar-refractivity contribution in [2.24, 2.45) is 40.2 Å². The lowest BCUT2D eigenvalue weighted by atomic mass is 9.46. The first-order valence-corrected chi connectivity index (χ1v) is 30.5. The number of benzene rings is 2. The first-order chi connectivity index (χ1) is 36.9. The van der Waals surface area contributed by atoms with Gasteiger partial charge in [0.15, 0.2) is 24.5 Å². The molecule has 2 aromatic carbocycles. The van der Waals surface area contributed by atoms with E-state index >= 15 is 0 Å². The van der Waals surface area contributed by atoms with Crippen LogP contribution in [0.4, 0.5) is 0 Å². The molecule has 5 fully saturated rings. The molecule has 6 aliphatic rings. The number of ketones is 2. The van der Waals surface area contributed by atoms with Crippen LogP contribution in [0.25, 0.3) is 0 Å². The van der Waals surface area contributed by atoms with Gasteiger partial charge in [-0.2, -0.15) is 0 Å². The fourth-order valence-electron chi connectivity index (χ4n) is 14.2. The van der Waals surface area contributed by atoms with Gasteiger partial charge in [-0.3, -0.25) is 24.2 Å². The Balaban J connectivity index is 0.00000882. The number of aryl methyl sites for hydroxylation is 1. The Morgan fingerprint density at radius 1 is 0.949 bits per heavy atom. The van der Waals surface area contributed by atoms with Gasteiger partial charge in [0.2, 0.25) is 0 Å². The number of carbonyl (C=O) groups is 3. The standard InChI is InChI=1S/C60H88N3O13P.ClH/c1-59-29-28-46(64)35-45(59)25-26-47-48-36-53-56(75-58(74-53)42-21-10-7-11-22-42)60(48,37-50(65)55(47)59)54(67)40-73-57(68)49(61)23-12-15-31-63(2,3)39-44-34-43(24-27-52(44)76-77(69,70)71)51(66)38-62-30-14-4-5-16-32-72-33-17-13-20-41-18-8-6-9-19-41;/h6,8-9,18-19,24,27-29,34-35,42,47-51,53,55-56,58,62,65-66H,4-5,7,10-17,20-23,25-26,30-33,36-40,61H2,1-3H3,(H-,69,70,71);1H/t47?,48?,49-,50-,51?,53+,55?,56+,58+,59-,60-;/m0./s1. The van der Waals surface area contributed by atoms with Crippen LogP contribution in [0.1, 0.15) is 145 Å². The quantitative estimate of drug-likeness (QED) is 0.0268. The third-order valence-electron chi connectivity index (χ3n) is 18.2. The summed E-state index contributed by atoms with van der Waals surface area (Å²) in [7, 11) is -0.904. The molecular weight excluding hydrogens is 1040 g/mol. The van der Waals surface area contributed by atoms with Crippen LogP contribution in [0.2, 0.25) is 0 Å². The number of unbranched alkanes of at least 4 members (excludes halogenated alkanes) is 5. The number of quaternary nitrogens is 1. The van der Waals surface area contributed by atoms with Crippen LogP contribution in [0.3, 0.4) is 0 Å². The van der Waals surface area contributed by atoms with E-state index in [2.05, 4.69) is 36.5 Å². The molecule has 1 heterocycles. The molecule has 8 rings (SSSR count). The highest BCUT2D eigenvalue weighted by Gasteiger charge is 2.71. The summed E-state index contributed by atoms with van der Waals surface area (Å²) < 4.78 is 42.7. The average Bonchev–Trinajstić information content (AvgIpc) is 3.73. The molecule has 0 bridgehead atoms. The summed E-state index contributed by atoms with van der Waals surface area (Å²) in [6.45, 7) is 5.19. The molecule has 0 radical (unpaired) electrons. The summed E-state index contributed by atoms with van der Waals surface area (Å²) in [5.41, 5.74) is 8.34. The minimum absolute atomic E-state index is 0. The fraction of sp³-hybridized carbons (Fsp3) is 0.683. The summed E-state index contributed by atoms with van der Waals surface area (Å²) in [6.07, 6.45) is 18.8. The maximum absolute atomic E-state index is 14.9. The number of hydrogen-bond acceptors (Lipinski definition) is 13. The molecule has 11 atom stereocenters. The van der Waals surface area contributed by atoms with Gasteiger partial charge in [-0.1, -0.05) is 87.1 Å². The number of ether oxygens (including phenoxy) is 4. The molecule has 1 aliphatic heterocycles. The Hall–Kier alpha value is -3.35. The minimum Gasteiger partial charge on any atom is -1.00 e. The van der Waals surface area contributed by atoms with Crippen LogP contribution in [0.15, 0.2) is 72.3 Å². The lowest BCUT2D eigenvalue weighted by Gasteiger charge is -2.58. The number of halogens is 1. The van der Waals surface area contributed by atoms with Gasteiger partial charge in [0.1, 0.15) is 18.3 Å². The second kappa shape index (κ2) is 28.1. The second-order valence-electron chi connectivity index (χ2n) is 24.2. The number of aliphatic hydroxyl groups excluding tert-OH is 2. The Kier molecular flexibility index (Phi) is 22.4. The molecule has 7 N–H and O–H groups in total. The zero-order valence-corrected chi connectivity index (χ0v) is 48.0. The van der Waals surface area contributed by atoms with Gasteiger partial charge in [-0.25, -0.2) is 4.57 Å². The molecule has 0 amide bonds. The number of nitrogens with two attached hydrogens (primary N) is 1. The van der Waals surface area contributed by atoms with E-state index in [1.54, 1.807) is 24.3 Å². The Bertz CT molecular complexity index is 2410. The summed E-state index contributed by atoms with van der Waals surface area (Å²) >= 11 is 0. The molecule has 2 aromatic rings. The molecule has 434 valence electrons. The summed E-state index contributed by atoms with van der Waals surface area (Å²) in [4.78, 5) is 60.4. The number of allylic oxidation sites excluding steroid dienone is 4. The first kappa shape index (κ1) is 62.3. The van der Waals surface area contributed by atoms with E-state index in [-0.39, 0.29) is 65.9 Å². The highest BCUT2D eigenvalue weighted by Crippen LogP contribution is 2.67. The van der Waals surface area contributed by atoms with Crippen molar-refractivity contribution in [2.45, 2.75) is 172 Å². The fourth-order valence-corrected chi connectivity index (χ4v) is 14.7. The van der Waals surface area contributed by atoms with Crippen LogP contribution < -0.4 is 28.0 Å². The molecule has 0 aromatic heterocycles. The zero-order valence-electron chi connectivity index (χ0n) is 46.3. The van der Waals surface area contributed by atoms with Gasteiger partial charge in [0.05, 0.1) is 50.5 Å². The third kappa shape index (κ3) is 15.6. The molecule has 5 aliphatic carbocycles. The molecule has 4 unspecified atom stereocenters. The monoisotopic (exact) mass is 1130 g/mol. The van der Waals surface area contributed by atoms with Crippen LogP contribution in [-0.2, 0) is 50.9 Å². The van der Waals surface area contributed by atoms with Crippen molar-refractivity contribution in [3.05, 3.63) is 89.0 Å². The van der Waals surface area contributed by atoms with E-state index < -0.39 is 61.9 Å². The summed E-state index contributed by atoms with van der Waals surface area (Å²) in [6, 6.07) is 14.4. The van der Waals surface area contributed by atoms with Crippen LogP contribution >= 0.6 is 7.82 Å². The number of rotatable bonds is 29. The lowest BCUT2D eigenvalue weighted by molar-refractivity contribution is -0.903. The van der Waals surface area contributed by atoms with Crippen molar-refractivity contribution in [3.8, 4) is 5.75 Å². The number of phosphoric acid groups is 1. The van der Waals surface area contributed by atoms with Crippen molar-refractivity contribution in [3.63, 3.8) is 0 Å². The van der Waals surface area contributed by atoms with E-state index in [0.717, 1.165) is 102 Å². The molecule has 16 nitrogen and oxygen atoms in total. The van der Waals surface area contributed by atoms with Crippen molar-refractivity contribution in [1.29, 1.82) is 0 Å². The van der Waals surface area contributed by atoms with Crippen molar-refractivity contribution < 1.29 is 79.3 Å². The first-order valence-electron chi connectivity index (χ1n) is 29.0. The molecule has 18 heteroatoms. The van der Waals surface area contributed by atoms with Crippen LogP contribution in [-0.4, -0.2) is 126 Å². The number of Topliss-reactive ketones (excluding diaryl/α,β-unsaturated/α-hetero) is 1. The van der Waals surface area contributed by atoms with E-state index in [1.807, 2.05) is 26.2 Å². The zero-order chi connectivity index (χ0) is 54.8. The SMILES string of the molecule is C[C@]12C=CC(=O)C=C1CCC1C2[C@@H](O)C[C@@]2(C(=O)COC(=O)[C@@H](N)CCCC[N+](C)(C)Cc3cc(C(O)CNCCCCCCOCCCCc4ccccc4)ccc3OP(=O)(O)O)C1C[C@H]1O[C@@H](C3CCCCC3)O[C@H]12.[Cl-]. The van der Waals surface area contributed by atoms with Gasteiger partial charge in [-0.15, -0.1) is 0 Å². The maximum Gasteiger partial charge on any atom is 0.524 e. The number of nitrogens with one attached hydrogen (secondary N) is 1. The van der Waals surface area contributed by atoms with E-state index in [9.17, 15) is 38.9 Å². The Labute approximate surface area is 468 Å². The molecule has 78 heavy (non-hydrogen) atoms. The van der Waals surface area contributed by atoms with Gasteiger partial charge in [0, 0.05) is 42.6 Å². The molecule has 1 saturated heterocycles. The van der Waals surface area contributed by atoms with Crippen molar-refractivity contribution >= 4 is 25.4 Å². The number of phosphoric ester groups is 1. The Morgan fingerprint density at radius 3 is 2.45 bits per heavy atom. The lowest BCUT2D eigenvalue weighted by Crippen LogP contribution is -3.00. The largest absolute Gasteiger partial charge is 1.00 e. The van der Waals surface area contributed by atoms with Gasteiger partial charge in [0.25, 0.3) is 0 Å². The number of fused-ring (bicyclic) bond motifs is 7. The minimum atomic E-state index is -4.88. The van der Waals surface area contributed by atoms with E-state index in [4.69, 9.17) is 29.2 Å². The number of carbonyl (C=O) groups excluding carboxylic acids is 3. The third-order valence-corrected chi connectivity index (χ3v) is 18.6. The van der Waals surface area contributed by atoms with E-state index in [0.29, 0.717) is 67.3 Å². The molecule has 4 saturated carbocycles.